The van der Waals surface area contributed by atoms with Crippen molar-refractivity contribution >= 4 is 11.6 Å². The van der Waals surface area contributed by atoms with Crippen molar-refractivity contribution in [2.75, 3.05) is 5.32 Å². The standard InChI is InChI=1S/C12H5F13N2O/c13-7(14,6(28)27-5-2-1-3-26-4-5)8(15,16)9(17,18)10(19,20)11(21,22)12(23,24)25/h1-4H,(H,27,28). The van der Waals surface area contributed by atoms with E-state index in [-0.39, 0.29) is 0 Å². The van der Waals surface area contributed by atoms with Gasteiger partial charge in [-0.25, -0.2) is 0 Å². The monoisotopic (exact) mass is 440 g/mol. The Balaban J connectivity index is 3.38. The normalized spacial score (nSPS) is 14.8. The van der Waals surface area contributed by atoms with Gasteiger partial charge in [-0.2, -0.15) is 57.1 Å². The molecule has 3 nitrogen and oxygen atoms in total. The average molecular weight is 440 g/mol. The molecule has 0 saturated carbocycles. The zero-order valence-electron chi connectivity index (χ0n) is 12.6. The lowest BCUT2D eigenvalue weighted by molar-refractivity contribution is -0.435. The highest BCUT2D eigenvalue weighted by atomic mass is 19.4. The summed E-state index contributed by atoms with van der Waals surface area (Å²) in [6.45, 7) is 0. The molecular formula is C12H5F13N2O. The zero-order chi connectivity index (χ0) is 22.4. The van der Waals surface area contributed by atoms with Crippen LogP contribution in [0, 0.1) is 0 Å². The molecule has 0 fully saturated rings. The molecule has 1 N–H and O–H groups in total. The van der Waals surface area contributed by atoms with E-state index in [0.29, 0.717) is 12.3 Å². The molecule has 0 saturated heterocycles. The van der Waals surface area contributed by atoms with Gasteiger partial charge in [-0.15, -0.1) is 0 Å². The summed E-state index contributed by atoms with van der Waals surface area (Å²) in [5.41, 5.74) is -0.835. The highest BCUT2D eigenvalue weighted by Gasteiger charge is 2.91. The van der Waals surface area contributed by atoms with Gasteiger partial charge in [0.15, 0.2) is 0 Å². The van der Waals surface area contributed by atoms with E-state index >= 15 is 0 Å². The van der Waals surface area contributed by atoms with Crippen molar-refractivity contribution < 1.29 is 61.9 Å². The number of nitrogens with zero attached hydrogens (tertiary/aromatic N) is 1. The zero-order valence-corrected chi connectivity index (χ0v) is 12.6. The number of amides is 1. The molecule has 1 aromatic heterocycles. The maximum atomic E-state index is 13.5. The van der Waals surface area contributed by atoms with Crippen LogP contribution < -0.4 is 5.32 Å². The van der Waals surface area contributed by atoms with Crippen LogP contribution in [0.1, 0.15) is 0 Å². The minimum absolute atomic E-state index is 0.511. The van der Waals surface area contributed by atoms with Crippen LogP contribution in [0.3, 0.4) is 0 Å². The Morgan fingerprint density at radius 1 is 0.750 bits per heavy atom. The molecular weight excluding hydrogens is 435 g/mol. The number of alkyl halides is 13. The van der Waals surface area contributed by atoms with E-state index in [1.54, 1.807) is 0 Å². The fourth-order valence-corrected chi connectivity index (χ4v) is 1.56. The van der Waals surface area contributed by atoms with Crippen molar-refractivity contribution in [3.63, 3.8) is 0 Å². The quantitative estimate of drug-likeness (QED) is 0.649. The van der Waals surface area contributed by atoms with Gasteiger partial charge < -0.3 is 5.32 Å². The second kappa shape index (κ2) is 6.65. The van der Waals surface area contributed by atoms with Crippen molar-refractivity contribution in [2.24, 2.45) is 0 Å². The van der Waals surface area contributed by atoms with Crippen molar-refractivity contribution in [3.05, 3.63) is 24.5 Å². The first-order valence-corrected chi connectivity index (χ1v) is 6.42. The van der Waals surface area contributed by atoms with E-state index in [1.807, 2.05) is 0 Å². The molecule has 160 valence electrons. The summed E-state index contributed by atoms with van der Waals surface area (Å²) in [4.78, 5) is 14.3. The summed E-state index contributed by atoms with van der Waals surface area (Å²) in [7, 11) is 0. The number of halogens is 13. The smallest absolute Gasteiger partial charge is 0.319 e. The lowest BCUT2D eigenvalue weighted by atomic mass is 9.93. The summed E-state index contributed by atoms with van der Waals surface area (Å²) < 4.78 is 167. The Hall–Kier alpha value is -2.29. The van der Waals surface area contributed by atoms with Gasteiger partial charge in [-0.05, 0) is 12.1 Å². The summed E-state index contributed by atoms with van der Waals surface area (Å²) in [5, 5.41) is 0.861. The van der Waals surface area contributed by atoms with Crippen LogP contribution in [0.5, 0.6) is 0 Å². The molecule has 0 atom stereocenters. The number of carbonyl (C=O) groups is 1. The lowest BCUT2D eigenvalue weighted by Crippen LogP contribution is -2.71. The van der Waals surface area contributed by atoms with E-state index in [0.717, 1.165) is 17.6 Å². The highest BCUT2D eigenvalue weighted by Crippen LogP contribution is 2.60. The van der Waals surface area contributed by atoms with Crippen LogP contribution in [0.25, 0.3) is 0 Å². The lowest BCUT2D eigenvalue weighted by Gasteiger charge is -2.39. The maximum Gasteiger partial charge on any atom is 0.460 e. The number of hydrogen-bond donors (Lipinski definition) is 1. The Kier molecular flexibility index (Phi) is 5.64. The Morgan fingerprint density at radius 3 is 1.61 bits per heavy atom. The number of anilines is 1. The first kappa shape index (κ1) is 23.7. The molecule has 0 spiro atoms. The highest BCUT2D eigenvalue weighted by molar-refractivity contribution is 5.96. The van der Waals surface area contributed by atoms with Crippen molar-refractivity contribution in [2.45, 2.75) is 35.8 Å². The maximum absolute atomic E-state index is 13.5. The Labute approximate surface area is 145 Å². The molecule has 1 rings (SSSR count). The van der Waals surface area contributed by atoms with Gasteiger partial charge in [0, 0.05) is 6.20 Å². The van der Waals surface area contributed by atoms with Crippen LogP contribution in [-0.2, 0) is 4.79 Å². The first-order valence-electron chi connectivity index (χ1n) is 6.42. The number of pyridine rings is 1. The number of hydrogen-bond acceptors (Lipinski definition) is 2. The number of aromatic nitrogens is 1. The Bertz CT molecular complexity index is 714. The molecule has 0 aliphatic heterocycles. The molecule has 1 amide bonds. The van der Waals surface area contributed by atoms with Gasteiger partial charge >= 0.3 is 41.7 Å². The van der Waals surface area contributed by atoms with Gasteiger partial charge in [-0.3, -0.25) is 9.78 Å². The number of carbonyl (C=O) groups excluding carboxylic acids is 1. The molecule has 0 aliphatic carbocycles. The van der Waals surface area contributed by atoms with E-state index in [9.17, 15) is 61.9 Å². The van der Waals surface area contributed by atoms with Gasteiger partial charge in [0.25, 0.3) is 0 Å². The predicted octanol–water partition coefficient (Wildman–Crippen LogP) is 4.76. The third-order valence-corrected chi connectivity index (χ3v) is 3.14. The third-order valence-electron chi connectivity index (χ3n) is 3.14. The second-order valence-electron chi connectivity index (χ2n) is 5.07. The topological polar surface area (TPSA) is 42.0 Å². The Morgan fingerprint density at radius 2 is 1.21 bits per heavy atom. The van der Waals surface area contributed by atoms with E-state index in [1.165, 1.54) is 0 Å². The SMILES string of the molecule is O=C(Nc1cccnc1)C(F)(F)C(F)(F)C(F)(F)C(F)(F)C(F)(F)C(F)(F)F. The molecule has 0 aromatic carbocycles. The van der Waals surface area contributed by atoms with Crippen LogP contribution in [0.2, 0.25) is 0 Å². The summed E-state index contributed by atoms with van der Waals surface area (Å²) in [5.74, 6) is -41.8. The third kappa shape index (κ3) is 3.32. The fourth-order valence-electron chi connectivity index (χ4n) is 1.56. The number of rotatable bonds is 6. The second-order valence-corrected chi connectivity index (χ2v) is 5.07. The minimum Gasteiger partial charge on any atom is -0.319 e. The minimum atomic E-state index is -8.06. The molecule has 0 bridgehead atoms. The molecule has 1 aromatic rings. The fraction of sp³-hybridized carbons (Fsp3) is 0.500. The van der Waals surface area contributed by atoms with Crippen LogP contribution in [0.4, 0.5) is 62.8 Å². The largest absolute Gasteiger partial charge is 0.460 e. The van der Waals surface area contributed by atoms with E-state index in [2.05, 4.69) is 4.98 Å². The van der Waals surface area contributed by atoms with Crippen molar-refractivity contribution in [3.8, 4) is 0 Å². The van der Waals surface area contributed by atoms with E-state index < -0.39 is 47.4 Å². The molecule has 0 aliphatic rings. The van der Waals surface area contributed by atoms with Crippen molar-refractivity contribution in [1.29, 1.82) is 0 Å². The molecule has 0 radical (unpaired) electrons. The molecule has 0 unspecified atom stereocenters. The molecule has 16 heteroatoms. The molecule has 28 heavy (non-hydrogen) atoms. The predicted molar refractivity (Wildman–Crippen MR) is 63.7 cm³/mol. The van der Waals surface area contributed by atoms with Crippen LogP contribution in [0.15, 0.2) is 24.5 Å². The first-order chi connectivity index (χ1) is 12.2. The van der Waals surface area contributed by atoms with Crippen LogP contribution in [-0.4, -0.2) is 46.7 Å². The summed E-state index contributed by atoms with van der Waals surface area (Å²) in [6.07, 6.45) is -6.03. The van der Waals surface area contributed by atoms with Gasteiger partial charge in [0.05, 0.1) is 11.9 Å². The van der Waals surface area contributed by atoms with Gasteiger partial charge in [0.2, 0.25) is 0 Å². The van der Waals surface area contributed by atoms with Gasteiger partial charge in [0.1, 0.15) is 0 Å². The molecule has 1 heterocycles. The number of nitrogens with one attached hydrogen (secondary N) is 1. The van der Waals surface area contributed by atoms with E-state index in [4.69, 9.17) is 0 Å². The van der Waals surface area contributed by atoms with Crippen molar-refractivity contribution in [1.82, 2.24) is 4.98 Å². The summed E-state index contributed by atoms with van der Waals surface area (Å²) >= 11 is 0. The van der Waals surface area contributed by atoms with Crippen LogP contribution >= 0.6 is 0 Å². The average Bonchev–Trinajstić information content (AvgIpc) is 2.53. The van der Waals surface area contributed by atoms with Gasteiger partial charge in [-0.1, -0.05) is 0 Å². The summed E-state index contributed by atoms with van der Waals surface area (Å²) in [6, 6.07) is 1.61.